The van der Waals surface area contributed by atoms with E-state index in [2.05, 4.69) is 21.0 Å². The van der Waals surface area contributed by atoms with Gasteiger partial charge in [-0.1, -0.05) is 6.92 Å². The van der Waals surface area contributed by atoms with Gasteiger partial charge in [-0.05, 0) is 13.0 Å². The molecule has 3 rings (SSSR count). The van der Waals surface area contributed by atoms with Crippen LogP contribution in [0.2, 0.25) is 0 Å². The van der Waals surface area contributed by atoms with E-state index in [0.29, 0.717) is 35.7 Å². The molecule has 0 atom stereocenters. The number of carbonyl (C=O) groups is 1. The maximum atomic E-state index is 11.8. The Labute approximate surface area is 139 Å². The Morgan fingerprint density at radius 1 is 1.42 bits per heavy atom. The van der Waals surface area contributed by atoms with Gasteiger partial charge in [-0.3, -0.25) is 0 Å². The lowest BCUT2D eigenvalue weighted by Gasteiger charge is -2.19. The van der Waals surface area contributed by atoms with Crippen LogP contribution in [0, 0.1) is 18.3 Å². The van der Waals surface area contributed by atoms with Gasteiger partial charge in [0.25, 0.3) is 0 Å². The topological polar surface area (TPSA) is 92.0 Å². The molecule has 0 spiro atoms. The minimum atomic E-state index is -0.494. The average molecular weight is 323 g/mol. The number of rotatable bonds is 3. The van der Waals surface area contributed by atoms with Crippen molar-refractivity contribution < 1.29 is 9.53 Å². The molecule has 1 aliphatic rings. The van der Waals surface area contributed by atoms with Crippen molar-refractivity contribution in [2.24, 2.45) is 0 Å². The maximum absolute atomic E-state index is 11.8. The minimum Gasteiger partial charge on any atom is -0.465 e. The molecule has 0 saturated carbocycles. The van der Waals surface area contributed by atoms with Crippen LogP contribution in [0.1, 0.15) is 45.6 Å². The van der Waals surface area contributed by atoms with Crippen LogP contribution >= 0.6 is 0 Å². The van der Waals surface area contributed by atoms with E-state index in [1.165, 1.54) is 13.2 Å². The Balaban J connectivity index is 1.98. The third-order valence-corrected chi connectivity index (χ3v) is 4.04. The van der Waals surface area contributed by atoms with Crippen molar-refractivity contribution in [3.8, 4) is 6.07 Å². The minimum absolute atomic E-state index is 0.308. The van der Waals surface area contributed by atoms with E-state index < -0.39 is 5.97 Å². The number of aryl methyl sites for hydroxylation is 2. The molecule has 0 N–H and O–H groups in total. The Morgan fingerprint density at radius 2 is 2.21 bits per heavy atom. The van der Waals surface area contributed by atoms with Crippen molar-refractivity contribution in [2.45, 2.75) is 33.4 Å². The van der Waals surface area contributed by atoms with Crippen LogP contribution in [0.3, 0.4) is 0 Å². The van der Waals surface area contributed by atoms with Gasteiger partial charge in [-0.25, -0.2) is 19.7 Å². The molecule has 1 aliphatic heterocycles. The van der Waals surface area contributed by atoms with E-state index in [4.69, 9.17) is 4.74 Å². The summed E-state index contributed by atoms with van der Waals surface area (Å²) in [6.07, 6.45) is 2.62. The highest BCUT2D eigenvalue weighted by Gasteiger charge is 2.26. The summed E-state index contributed by atoms with van der Waals surface area (Å²) >= 11 is 0. The normalized spacial score (nSPS) is 12.7. The Kier molecular flexibility index (Phi) is 4.13. The standard InChI is InChI=1S/C17H17N5O2/c1-4-15-19-7-12-8-22(9-14(12)21-15)16-11(6-18)5-13(10(2)20-16)17(23)24-3/h5,7H,4,8-9H2,1-3H3. The molecule has 0 unspecified atom stereocenters. The van der Waals surface area contributed by atoms with Gasteiger partial charge in [0.1, 0.15) is 17.7 Å². The lowest BCUT2D eigenvalue weighted by atomic mass is 10.1. The first kappa shape index (κ1) is 15.9. The third-order valence-electron chi connectivity index (χ3n) is 4.04. The SMILES string of the molecule is CCc1ncc2c(n1)CN(c1nc(C)c(C(=O)OC)cc1C#N)C2. The molecule has 0 radical (unpaired) electrons. The Bertz CT molecular complexity index is 857. The number of nitrogens with zero attached hydrogens (tertiary/aromatic N) is 5. The number of carbonyl (C=O) groups excluding carboxylic acids is 1. The van der Waals surface area contributed by atoms with Crippen molar-refractivity contribution in [3.05, 3.63) is 46.2 Å². The molecule has 0 saturated heterocycles. The zero-order chi connectivity index (χ0) is 17.3. The summed E-state index contributed by atoms with van der Waals surface area (Å²) in [4.78, 5) is 27.1. The number of aromatic nitrogens is 3. The van der Waals surface area contributed by atoms with Gasteiger partial charge in [0.15, 0.2) is 0 Å². The van der Waals surface area contributed by atoms with E-state index in [0.717, 1.165) is 23.5 Å². The molecule has 0 amide bonds. The summed E-state index contributed by atoms with van der Waals surface area (Å²) in [6, 6.07) is 3.66. The summed E-state index contributed by atoms with van der Waals surface area (Å²) < 4.78 is 4.74. The first-order chi connectivity index (χ1) is 11.6. The van der Waals surface area contributed by atoms with E-state index in [9.17, 15) is 10.1 Å². The molecule has 0 aromatic carbocycles. The van der Waals surface area contributed by atoms with Gasteiger partial charge < -0.3 is 9.64 Å². The van der Waals surface area contributed by atoms with E-state index in [-0.39, 0.29) is 0 Å². The molecular formula is C17H17N5O2. The van der Waals surface area contributed by atoms with E-state index in [1.807, 2.05) is 18.0 Å². The maximum Gasteiger partial charge on any atom is 0.339 e. The number of anilines is 1. The number of pyridine rings is 1. The van der Waals surface area contributed by atoms with Crippen LogP contribution in [0.4, 0.5) is 5.82 Å². The Morgan fingerprint density at radius 3 is 2.88 bits per heavy atom. The van der Waals surface area contributed by atoms with Gasteiger partial charge in [-0.15, -0.1) is 0 Å². The van der Waals surface area contributed by atoms with Gasteiger partial charge >= 0.3 is 5.97 Å². The second-order valence-electron chi connectivity index (χ2n) is 5.56. The highest BCUT2D eigenvalue weighted by atomic mass is 16.5. The van der Waals surface area contributed by atoms with Crippen LogP contribution in [0.25, 0.3) is 0 Å². The fourth-order valence-electron chi connectivity index (χ4n) is 2.75. The van der Waals surface area contributed by atoms with Gasteiger partial charge in [0.05, 0.1) is 36.2 Å². The van der Waals surface area contributed by atoms with E-state index >= 15 is 0 Å². The fourth-order valence-corrected chi connectivity index (χ4v) is 2.75. The van der Waals surface area contributed by atoms with Gasteiger partial charge in [0.2, 0.25) is 0 Å². The molecule has 2 aromatic rings. The molecule has 0 bridgehead atoms. The molecule has 3 heterocycles. The van der Waals surface area contributed by atoms with Gasteiger partial charge in [-0.2, -0.15) is 5.26 Å². The number of methoxy groups -OCH3 is 1. The predicted molar refractivity (Wildman–Crippen MR) is 86.3 cm³/mol. The lowest BCUT2D eigenvalue weighted by molar-refractivity contribution is 0.0599. The summed E-state index contributed by atoms with van der Waals surface area (Å²) in [5, 5.41) is 9.45. The number of esters is 1. The molecule has 7 heteroatoms. The number of hydrogen-bond donors (Lipinski definition) is 0. The second-order valence-corrected chi connectivity index (χ2v) is 5.56. The van der Waals surface area contributed by atoms with Crippen molar-refractivity contribution >= 4 is 11.8 Å². The number of hydrogen-bond acceptors (Lipinski definition) is 7. The van der Waals surface area contributed by atoms with Crippen LogP contribution in [-0.2, 0) is 24.2 Å². The third kappa shape index (κ3) is 2.67. The predicted octanol–water partition coefficient (Wildman–Crippen LogP) is 1.92. The summed E-state index contributed by atoms with van der Waals surface area (Å²) in [6.45, 7) is 4.91. The van der Waals surface area contributed by atoms with Crippen molar-refractivity contribution in [1.29, 1.82) is 5.26 Å². The van der Waals surface area contributed by atoms with Crippen LogP contribution in [0.5, 0.6) is 0 Å². The summed E-state index contributed by atoms with van der Waals surface area (Å²) in [7, 11) is 1.31. The second kappa shape index (κ2) is 6.24. The lowest BCUT2D eigenvalue weighted by Crippen LogP contribution is -2.19. The van der Waals surface area contributed by atoms with Crippen molar-refractivity contribution in [3.63, 3.8) is 0 Å². The zero-order valence-corrected chi connectivity index (χ0v) is 13.8. The smallest absolute Gasteiger partial charge is 0.339 e. The summed E-state index contributed by atoms with van der Waals surface area (Å²) in [5.41, 5.74) is 3.18. The molecule has 7 nitrogen and oxygen atoms in total. The Hall–Kier alpha value is -3.01. The molecule has 122 valence electrons. The first-order valence-corrected chi connectivity index (χ1v) is 7.66. The number of nitriles is 1. The van der Waals surface area contributed by atoms with Crippen LogP contribution in [-0.4, -0.2) is 28.0 Å². The quantitative estimate of drug-likeness (QED) is 0.797. The molecular weight excluding hydrogens is 306 g/mol. The molecule has 2 aromatic heterocycles. The van der Waals surface area contributed by atoms with Crippen LogP contribution in [0.15, 0.2) is 12.3 Å². The fraction of sp³-hybridized carbons (Fsp3) is 0.353. The summed E-state index contributed by atoms with van der Waals surface area (Å²) in [5.74, 6) is 0.867. The zero-order valence-electron chi connectivity index (χ0n) is 13.8. The monoisotopic (exact) mass is 323 g/mol. The van der Waals surface area contributed by atoms with E-state index in [1.54, 1.807) is 6.92 Å². The molecule has 0 fully saturated rings. The largest absolute Gasteiger partial charge is 0.465 e. The van der Waals surface area contributed by atoms with Crippen molar-refractivity contribution in [1.82, 2.24) is 15.0 Å². The molecule has 0 aliphatic carbocycles. The van der Waals surface area contributed by atoms with Gasteiger partial charge in [0, 0.05) is 24.7 Å². The van der Waals surface area contributed by atoms with Crippen molar-refractivity contribution in [2.75, 3.05) is 12.0 Å². The highest BCUT2D eigenvalue weighted by molar-refractivity contribution is 5.91. The van der Waals surface area contributed by atoms with Crippen LogP contribution < -0.4 is 4.90 Å². The molecule has 24 heavy (non-hydrogen) atoms. The number of ether oxygens (including phenoxy) is 1. The highest BCUT2D eigenvalue weighted by Crippen LogP contribution is 2.29. The number of fused-ring (bicyclic) bond motifs is 1. The average Bonchev–Trinajstić information content (AvgIpc) is 3.03. The first-order valence-electron chi connectivity index (χ1n) is 7.66.